The number of carbonyl (C=O) groups is 2. The van der Waals surface area contributed by atoms with E-state index in [0.717, 1.165) is 11.3 Å². The van der Waals surface area contributed by atoms with Crippen LogP contribution in [0.25, 0.3) is 11.3 Å². The van der Waals surface area contributed by atoms with Crippen LogP contribution in [0, 0.1) is 0 Å². The number of aromatic nitrogens is 1. The highest BCUT2D eigenvalue weighted by atomic mass is 16.6. The third kappa shape index (κ3) is 3.53. The number of benzene rings is 1. The largest absolute Gasteiger partial charge is 0.497 e. The lowest BCUT2D eigenvalue weighted by Gasteiger charge is -2.35. The van der Waals surface area contributed by atoms with Gasteiger partial charge in [0.25, 0.3) is 0 Å². The van der Waals surface area contributed by atoms with Gasteiger partial charge in [0.05, 0.1) is 19.7 Å². The molecule has 9 heteroatoms. The van der Waals surface area contributed by atoms with Gasteiger partial charge >= 0.3 is 12.1 Å². The lowest BCUT2D eigenvalue weighted by atomic mass is 10.1. The molecule has 1 aromatic heterocycles. The molecular weight excluding hydrogens is 352 g/mol. The van der Waals surface area contributed by atoms with Crippen LogP contribution in [0.2, 0.25) is 0 Å². The molecule has 0 saturated carbocycles. The molecule has 4 rings (SSSR count). The summed E-state index contributed by atoms with van der Waals surface area (Å²) >= 11 is 0. The quantitative estimate of drug-likeness (QED) is 0.877. The first kappa shape index (κ1) is 17.2. The van der Waals surface area contributed by atoms with Crippen molar-refractivity contribution in [3.63, 3.8) is 0 Å². The molecule has 0 aliphatic carbocycles. The third-order valence-corrected chi connectivity index (χ3v) is 4.76. The van der Waals surface area contributed by atoms with Crippen LogP contribution in [-0.4, -0.2) is 66.5 Å². The Morgan fingerprint density at radius 3 is 2.93 bits per heavy atom. The minimum atomic E-state index is -0.297. The van der Waals surface area contributed by atoms with Gasteiger partial charge < -0.3 is 24.2 Å². The molecule has 3 heterocycles. The number of methoxy groups -OCH3 is 1. The van der Waals surface area contributed by atoms with E-state index in [-0.39, 0.29) is 24.7 Å². The summed E-state index contributed by atoms with van der Waals surface area (Å²) in [4.78, 5) is 27.3. The number of hydrogen-bond acceptors (Lipinski definition) is 6. The zero-order valence-corrected chi connectivity index (χ0v) is 14.9. The van der Waals surface area contributed by atoms with Gasteiger partial charge in [-0.2, -0.15) is 0 Å². The van der Waals surface area contributed by atoms with E-state index in [1.807, 2.05) is 24.3 Å². The van der Waals surface area contributed by atoms with Gasteiger partial charge in [0, 0.05) is 31.3 Å². The fraction of sp³-hybridized carbons (Fsp3) is 0.389. The molecule has 2 aliphatic heterocycles. The number of nitrogens with zero attached hydrogens (tertiary/aromatic N) is 3. The molecule has 9 nitrogen and oxygen atoms in total. The molecule has 1 atom stereocenters. The zero-order valence-electron chi connectivity index (χ0n) is 14.9. The van der Waals surface area contributed by atoms with E-state index in [9.17, 15) is 9.59 Å². The Morgan fingerprint density at radius 1 is 1.33 bits per heavy atom. The van der Waals surface area contributed by atoms with Crippen LogP contribution < -0.4 is 10.1 Å². The van der Waals surface area contributed by atoms with Crippen LogP contribution in [0.5, 0.6) is 5.75 Å². The first-order valence-corrected chi connectivity index (χ1v) is 8.70. The Kier molecular flexibility index (Phi) is 4.57. The Bertz CT molecular complexity index is 835. The minimum absolute atomic E-state index is 0.0641. The molecule has 27 heavy (non-hydrogen) atoms. The van der Waals surface area contributed by atoms with Crippen molar-refractivity contribution in [2.45, 2.75) is 12.6 Å². The number of fused-ring (bicyclic) bond motifs is 1. The molecule has 1 N–H and O–H groups in total. The maximum atomic E-state index is 12.4. The first-order valence-electron chi connectivity index (χ1n) is 8.70. The van der Waals surface area contributed by atoms with Crippen molar-refractivity contribution in [1.82, 2.24) is 20.3 Å². The van der Waals surface area contributed by atoms with Gasteiger partial charge in [-0.15, -0.1) is 0 Å². The third-order valence-electron chi connectivity index (χ3n) is 4.76. The summed E-state index contributed by atoms with van der Waals surface area (Å²) in [5.41, 5.74) is 1.51. The molecule has 0 radical (unpaired) electrons. The standard InChI is InChI=1S/C18H20N4O5/c1-25-15-4-2-12(3-5-15)16-8-13(20-27-16)9-19-17(23)21-6-7-22-14(10-21)11-26-18(22)24/h2-5,8,14H,6-7,9-11H2,1H3,(H,19,23)/t14-/m0/s1. The summed E-state index contributed by atoms with van der Waals surface area (Å²) in [5, 5.41) is 6.85. The average Bonchev–Trinajstić information content (AvgIpc) is 3.33. The van der Waals surface area contributed by atoms with Gasteiger partial charge in [-0.3, -0.25) is 4.90 Å². The Balaban J connectivity index is 1.32. The summed E-state index contributed by atoms with van der Waals surface area (Å²) < 4.78 is 15.5. The van der Waals surface area contributed by atoms with E-state index in [2.05, 4.69) is 10.5 Å². The SMILES string of the molecule is COc1ccc(-c2cc(CNC(=O)N3CCN4C(=O)OC[C@@H]4C3)no2)cc1. The first-order chi connectivity index (χ1) is 13.1. The number of piperazine rings is 1. The molecule has 2 aromatic rings. The number of nitrogens with one attached hydrogen (secondary N) is 1. The zero-order chi connectivity index (χ0) is 18.8. The maximum Gasteiger partial charge on any atom is 0.410 e. The molecule has 2 saturated heterocycles. The predicted octanol–water partition coefficient (Wildman–Crippen LogP) is 1.70. The molecule has 0 unspecified atom stereocenters. The number of cyclic esters (lactones) is 1. The van der Waals surface area contributed by atoms with Crippen LogP contribution in [-0.2, 0) is 11.3 Å². The maximum absolute atomic E-state index is 12.4. The van der Waals surface area contributed by atoms with Gasteiger partial charge in [-0.05, 0) is 24.3 Å². The molecule has 2 aliphatic rings. The van der Waals surface area contributed by atoms with E-state index in [1.54, 1.807) is 23.0 Å². The molecule has 0 spiro atoms. The van der Waals surface area contributed by atoms with Crippen molar-refractivity contribution in [2.24, 2.45) is 0 Å². The Morgan fingerprint density at radius 2 is 2.15 bits per heavy atom. The lowest BCUT2D eigenvalue weighted by molar-refractivity contribution is 0.127. The number of ether oxygens (including phenoxy) is 2. The van der Waals surface area contributed by atoms with Crippen molar-refractivity contribution >= 4 is 12.1 Å². The number of carbonyl (C=O) groups excluding carboxylic acids is 2. The smallest absolute Gasteiger partial charge is 0.410 e. The molecule has 142 valence electrons. The van der Waals surface area contributed by atoms with Gasteiger partial charge in [-0.1, -0.05) is 5.16 Å². The highest BCUT2D eigenvalue weighted by molar-refractivity contribution is 5.75. The fourth-order valence-corrected chi connectivity index (χ4v) is 3.24. The summed E-state index contributed by atoms with van der Waals surface area (Å²) in [7, 11) is 1.61. The molecule has 1 aromatic carbocycles. The van der Waals surface area contributed by atoms with Crippen molar-refractivity contribution in [1.29, 1.82) is 0 Å². The highest BCUT2D eigenvalue weighted by Crippen LogP contribution is 2.23. The van der Waals surface area contributed by atoms with Crippen molar-refractivity contribution in [3.05, 3.63) is 36.0 Å². The van der Waals surface area contributed by atoms with E-state index in [0.29, 0.717) is 37.7 Å². The van der Waals surface area contributed by atoms with Gasteiger partial charge in [0.1, 0.15) is 18.1 Å². The molecule has 3 amide bonds. The summed E-state index contributed by atoms with van der Waals surface area (Å²) in [6.07, 6.45) is -0.297. The Hall–Kier alpha value is -3.23. The highest BCUT2D eigenvalue weighted by Gasteiger charge is 2.38. The molecular formula is C18H20N4O5. The predicted molar refractivity (Wildman–Crippen MR) is 94.1 cm³/mol. The number of hydrogen-bond donors (Lipinski definition) is 1. The van der Waals surface area contributed by atoms with Gasteiger partial charge in [0.15, 0.2) is 5.76 Å². The minimum Gasteiger partial charge on any atom is -0.497 e. The van der Waals surface area contributed by atoms with E-state index in [4.69, 9.17) is 14.0 Å². The van der Waals surface area contributed by atoms with Crippen molar-refractivity contribution < 1.29 is 23.6 Å². The normalized spacial score (nSPS) is 18.9. The summed E-state index contributed by atoms with van der Waals surface area (Å²) in [5.74, 6) is 1.39. The molecule has 2 fully saturated rings. The summed E-state index contributed by atoms with van der Waals surface area (Å²) in [6, 6.07) is 8.99. The van der Waals surface area contributed by atoms with E-state index < -0.39 is 0 Å². The van der Waals surface area contributed by atoms with Crippen LogP contribution in [0.3, 0.4) is 0 Å². The number of amides is 3. The van der Waals surface area contributed by atoms with Crippen molar-refractivity contribution in [3.8, 4) is 17.1 Å². The second-order valence-corrected chi connectivity index (χ2v) is 6.44. The van der Waals surface area contributed by atoms with Crippen molar-refractivity contribution in [2.75, 3.05) is 33.4 Å². The fourth-order valence-electron chi connectivity index (χ4n) is 3.24. The van der Waals surface area contributed by atoms with Gasteiger partial charge in [0.2, 0.25) is 0 Å². The summed E-state index contributed by atoms with van der Waals surface area (Å²) in [6.45, 7) is 2.03. The van der Waals surface area contributed by atoms with Crippen LogP contribution in [0.15, 0.2) is 34.9 Å². The van der Waals surface area contributed by atoms with E-state index in [1.165, 1.54) is 0 Å². The second kappa shape index (κ2) is 7.18. The number of rotatable bonds is 4. The van der Waals surface area contributed by atoms with Crippen LogP contribution >= 0.6 is 0 Å². The monoisotopic (exact) mass is 372 g/mol. The number of urea groups is 1. The lowest BCUT2D eigenvalue weighted by Crippen LogP contribution is -2.55. The van der Waals surface area contributed by atoms with Gasteiger partial charge in [-0.25, -0.2) is 9.59 Å². The average molecular weight is 372 g/mol. The Labute approximate surface area is 155 Å². The molecule has 0 bridgehead atoms. The van der Waals surface area contributed by atoms with Crippen LogP contribution in [0.4, 0.5) is 9.59 Å². The second-order valence-electron chi connectivity index (χ2n) is 6.44. The topological polar surface area (TPSA) is 97.1 Å². The van der Waals surface area contributed by atoms with Crippen LogP contribution in [0.1, 0.15) is 5.69 Å². The van der Waals surface area contributed by atoms with E-state index >= 15 is 0 Å².